The van der Waals surface area contributed by atoms with Crippen LogP contribution in [0.3, 0.4) is 0 Å². The zero-order chi connectivity index (χ0) is 22.4. The maximum atomic E-state index is 13.5. The Morgan fingerprint density at radius 3 is 2.19 bits per heavy atom. The Bertz CT molecular complexity index is 977. The predicted octanol–water partition coefficient (Wildman–Crippen LogP) is 4.82. The first kappa shape index (κ1) is 22.0. The number of carbonyl (C=O) groups is 2. The second-order valence-electron chi connectivity index (χ2n) is 9.30. The van der Waals surface area contributed by atoms with Gasteiger partial charge in [0, 0.05) is 23.8 Å². The standard InChI is InChI=1S/C24H27ClN2O3S/c1-23(2,3)30-22(29)26-14-12-24(13-15-26)20(16-4-6-17(25)7-5-16)27(21(24)28)18-8-10-19(31)11-9-18/h4-11,20,31H,12-15H2,1-3H3/p+1. The first-order valence-electron chi connectivity index (χ1n) is 10.5. The molecule has 164 valence electrons. The molecule has 0 N–H and O–H groups in total. The number of hydrogen-bond donors (Lipinski definition) is 0. The molecule has 2 aromatic carbocycles. The van der Waals surface area contributed by atoms with Crippen molar-refractivity contribution in [1.29, 1.82) is 0 Å². The van der Waals surface area contributed by atoms with Crippen LogP contribution in [0.15, 0.2) is 53.4 Å². The van der Waals surface area contributed by atoms with Crippen LogP contribution in [-0.2, 0) is 22.2 Å². The molecule has 1 unspecified atom stereocenters. The summed E-state index contributed by atoms with van der Waals surface area (Å²) in [5.74, 6) is 0.109. The molecule has 2 amide bonds. The third kappa shape index (κ3) is 4.15. The monoisotopic (exact) mass is 459 g/mol. The Morgan fingerprint density at radius 1 is 1.06 bits per heavy atom. The zero-order valence-electron chi connectivity index (χ0n) is 18.0. The number of halogens is 1. The molecule has 4 rings (SSSR count). The van der Waals surface area contributed by atoms with Crippen LogP contribution in [-0.4, -0.2) is 35.6 Å². The minimum absolute atomic E-state index is 0.0985. The van der Waals surface area contributed by atoms with Crippen molar-refractivity contribution in [3.8, 4) is 0 Å². The summed E-state index contributed by atoms with van der Waals surface area (Å²) >= 11 is 9.63. The van der Waals surface area contributed by atoms with Gasteiger partial charge in [-0.15, -0.1) is 0 Å². The molecule has 0 radical (unpaired) electrons. The lowest BCUT2D eigenvalue weighted by Crippen LogP contribution is -2.67. The number of likely N-dealkylation sites (tertiary alicyclic amines) is 1. The Labute approximate surface area is 193 Å². The van der Waals surface area contributed by atoms with Crippen LogP contribution in [0.1, 0.15) is 45.2 Å². The average molecular weight is 460 g/mol. The van der Waals surface area contributed by atoms with Crippen molar-refractivity contribution in [3.63, 3.8) is 0 Å². The number of β-lactam (4-membered cyclic amide) rings is 1. The maximum Gasteiger partial charge on any atom is 0.410 e. The van der Waals surface area contributed by atoms with E-state index < -0.39 is 11.0 Å². The fraction of sp³-hybridized carbons (Fsp3) is 0.417. The van der Waals surface area contributed by atoms with Crippen molar-refractivity contribution >= 4 is 41.9 Å². The first-order chi connectivity index (χ1) is 14.6. The Hall–Kier alpha value is -2.18. The SMILES string of the molecule is CC(C)(C)OC(=O)N1CCC2(CC1)C(=O)N(c1ccc([SH2+])cc1)C2c1ccc(Cl)cc1. The molecule has 0 bridgehead atoms. The number of carbonyl (C=O) groups excluding carboxylic acids is 2. The van der Waals surface area contributed by atoms with Gasteiger partial charge in [0.1, 0.15) is 10.5 Å². The lowest BCUT2D eigenvalue weighted by Gasteiger charge is -2.58. The van der Waals surface area contributed by atoms with E-state index in [0.29, 0.717) is 31.0 Å². The molecule has 0 aliphatic carbocycles. The molecule has 2 heterocycles. The molecule has 31 heavy (non-hydrogen) atoms. The van der Waals surface area contributed by atoms with Crippen LogP contribution in [0.4, 0.5) is 10.5 Å². The number of anilines is 1. The molecule has 0 aromatic heterocycles. The quantitative estimate of drug-likeness (QED) is 0.478. The van der Waals surface area contributed by atoms with E-state index in [1.807, 2.05) is 74.2 Å². The zero-order valence-corrected chi connectivity index (χ0v) is 19.8. The highest BCUT2D eigenvalue weighted by Gasteiger charge is 2.62. The van der Waals surface area contributed by atoms with Gasteiger partial charge in [0.25, 0.3) is 0 Å². The van der Waals surface area contributed by atoms with E-state index in [-0.39, 0.29) is 18.0 Å². The highest BCUT2D eigenvalue weighted by Crippen LogP contribution is 2.57. The molecular weight excluding hydrogens is 432 g/mol. The molecular formula is C24H28ClN2O3S+. The number of piperidine rings is 1. The lowest BCUT2D eigenvalue weighted by atomic mass is 9.62. The van der Waals surface area contributed by atoms with Crippen molar-refractivity contribution < 1.29 is 14.3 Å². The van der Waals surface area contributed by atoms with E-state index in [9.17, 15) is 9.59 Å². The summed E-state index contributed by atoms with van der Waals surface area (Å²) in [7, 11) is 0. The number of benzene rings is 2. The van der Waals surface area contributed by atoms with Gasteiger partial charge in [-0.05, 0) is 88.2 Å². The predicted molar refractivity (Wildman–Crippen MR) is 126 cm³/mol. The van der Waals surface area contributed by atoms with Gasteiger partial charge in [0.05, 0.1) is 11.5 Å². The minimum atomic E-state index is -0.539. The highest BCUT2D eigenvalue weighted by atomic mass is 35.5. The van der Waals surface area contributed by atoms with Crippen LogP contribution in [0, 0.1) is 5.41 Å². The Morgan fingerprint density at radius 2 is 1.65 bits per heavy atom. The Kier molecular flexibility index (Phi) is 5.73. The van der Waals surface area contributed by atoms with E-state index in [1.54, 1.807) is 4.90 Å². The van der Waals surface area contributed by atoms with Gasteiger partial charge in [0.15, 0.2) is 0 Å². The average Bonchev–Trinajstić information content (AvgIpc) is 2.72. The smallest absolute Gasteiger partial charge is 0.410 e. The molecule has 2 aromatic rings. The van der Waals surface area contributed by atoms with E-state index in [2.05, 4.69) is 12.6 Å². The summed E-state index contributed by atoms with van der Waals surface area (Å²) in [4.78, 5) is 30.6. The number of hydrogen-bond acceptors (Lipinski definition) is 3. The fourth-order valence-electron chi connectivity index (χ4n) is 4.56. The van der Waals surface area contributed by atoms with Gasteiger partial charge in [-0.3, -0.25) is 4.79 Å². The third-order valence-corrected chi connectivity index (χ3v) is 6.65. The number of nitrogens with zero attached hydrogens (tertiary/aromatic N) is 2. The second-order valence-corrected chi connectivity index (χ2v) is 10.3. The van der Waals surface area contributed by atoms with Crippen LogP contribution < -0.4 is 4.90 Å². The minimum Gasteiger partial charge on any atom is -0.444 e. The van der Waals surface area contributed by atoms with Crippen LogP contribution in [0.5, 0.6) is 0 Å². The van der Waals surface area contributed by atoms with Crippen molar-refractivity contribution in [1.82, 2.24) is 4.90 Å². The van der Waals surface area contributed by atoms with Crippen molar-refractivity contribution in [2.45, 2.75) is 50.2 Å². The highest BCUT2D eigenvalue weighted by molar-refractivity contribution is 7.58. The molecule has 5 nitrogen and oxygen atoms in total. The normalized spacial score (nSPS) is 20.5. The summed E-state index contributed by atoms with van der Waals surface area (Å²) in [5.41, 5.74) is 0.853. The third-order valence-electron chi connectivity index (χ3n) is 6.06. The molecule has 7 heteroatoms. The first-order valence-corrected chi connectivity index (χ1v) is 11.4. The van der Waals surface area contributed by atoms with E-state index >= 15 is 0 Å². The van der Waals surface area contributed by atoms with E-state index in [0.717, 1.165) is 16.1 Å². The van der Waals surface area contributed by atoms with Gasteiger partial charge in [-0.25, -0.2) is 4.79 Å². The molecule has 1 spiro atoms. The second kappa shape index (κ2) is 8.06. The van der Waals surface area contributed by atoms with Crippen molar-refractivity contribution in [2.75, 3.05) is 18.0 Å². The molecule has 2 aliphatic rings. The molecule has 0 saturated carbocycles. The lowest BCUT2D eigenvalue weighted by molar-refractivity contribution is -0.144. The summed E-state index contributed by atoms with van der Waals surface area (Å²) in [6.07, 6.45) is 0.887. The maximum absolute atomic E-state index is 13.5. The van der Waals surface area contributed by atoms with Gasteiger partial charge < -0.3 is 14.5 Å². The summed E-state index contributed by atoms with van der Waals surface area (Å²) < 4.78 is 5.52. The van der Waals surface area contributed by atoms with E-state index in [4.69, 9.17) is 16.3 Å². The Balaban J connectivity index is 1.61. The van der Waals surface area contributed by atoms with Gasteiger partial charge in [0.2, 0.25) is 5.91 Å². The van der Waals surface area contributed by atoms with Gasteiger partial charge in [-0.2, -0.15) is 0 Å². The van der Waals surface area contributed by atoms with E-state index in [1.165, 1.54) is 0 Å². The molecule has 2 saturated heterocycles. The van der Waals surface area contributed by atoms with Crippen molar-refractivity contribution in [2.24, 2.45) is 5.41 Å². The summed E-state index contributed by atoms with van der Waals surface area (Å²) in [6.45, 7) is 6.58. The molecule has 1 atom stereocenters. The van der Waals surface area contributed by atoms with Crippen LogP contribution in [0.2, 0.25) is 5.02 Å². The summed E-state index contributed by atoms with van der Waals surface area (Å²) in [6, 6.07) is 15.4. The number of rotatable bonds is 2. The fourth-order valence-corrected chi connectivity index (χ4v) is 4.85. The molecule has 2 fully saturated rings. The topological polar surface area (TPSA) is 49.9 Å². The van der Waals surface area contributed by atoms with Gasteiger partial charge in [-0.1, -0.05) is 23.7 Å². The van der Waals surface area contributed by atoms with Crippen molar-refractivity contribution in [3.05, 3.63) is 59.1 Å². The number of amides is 2. The van der Waals surface area contributed by atoms with Crippen LogP contribution >= 0.6 is 11.6 Å². The largest absolute Gasteiger partial charge is 0.444 e. The number of ether oxygens (including phenoxy) is 1. The van der Waals surface area contributed by atoms with Gasteiger partial charge >= 0.3 is 6.09 Å². The molecule has 2 aliphatic heterocycles. The van der Waals surface area contributed by atoms with Crippen LogP contribution in [0.25, 0.3) is 0 Å². The summed E-state index contributed by atoms with van der Waals surface area (Å²) in [5, 5.41) is 0.665.